The summed E-state index contributed by atoms with van der Waals surface area (Å²) in [6.07, 6.45) is 12.0. The van der Waals surface area contributed by atoms with Crippen molar-refractivity contribution < 1.29 is 13.7 Å². The molecule has 32 heavy (non-hydrogen) atoms. The van der Waals surface area contributed by atoms with Gasteiger partial charge in [-0.15, -0.1) is 0 Å². The highest BCUT2D eigenvalue weighted by Gasteiger charge is 2.17. The Bertz CT molecular complexity index is 1080. The van der Waals surface area contributed by atoms with Crippen LogP contribution >= 0.6 is 0 Å². The van der Waals surface area contributed by atoms with Crippen LogP contribution in [0.4, 0.5) is 15.9 Å². The predicted octanol–water partition coefficient (Wildman–Crippen LogP) is 2.62. The molecule has 0 atom stereocenters. The van der Waals surface area contributed by atoms with E-state index in [1.54, 1.807) is 18.3 Å². The second-order valence-electron chi connectivity index (χ2n) is 7.18. The van der Waals surface area contributed by atoms with Crippen LogP contribution < -0.4 is 16.0 Å². The third kappa shape index (κ3) is 5.09. The van der Waals surface area contributed by atoms with Crippen LogP contribution in [0.3, 0.4) is 0 Å². The van der Waals surface area contributed by atoms with Gasteiger partial charge in [-0.05, 0) is 18.6 Å². The van der Waals surface area contributed by atoms with Gasteiger partial charge in [0.05, 0.1) is 30.8 Å². The molecule has 9 nitrogen and oxygen atoms in total. The fraction of sp³-hybridized carbons (Fsp3) is 0.273. The molecule has 166 valence electrons. The van der Waals surface area contributed by atoms with Crippen molar-refractivity contribution in [3.05, 3.63) is 71.8 Å². The summed E-state index contributed by atoms with van der Waals surface area (Å²) in [5, 5.41) is 15.5. The average Bonchev–Trinajstić information content (AvgIpc) is 3.27. The Labute approximate surface area is 184 Å². The van der Waals surface area contributed by atoms with Gasteiger partial charge in [-0.25, -0.2) is 14.4 Å². The summed E-state index contributed by atoms with van der Waals surface area (Å²) in [4.78, 5) is 10.7. The molecule has 3 heterocycles. The van der Waals surface area contributed by atoms with Gasteiger partial charge in [0.2, 0.25) is 0 Å². The van der Waals surface area contributed by atoms with E-state index in [2.05, 4.69) is 25.3 Å². The number of nitrogens with zero attached hydrogens (tertiary/aromatic N) is 4. The van der Waals surface area contributed by atoms with Crippen LogP contribution in [0.1, 0.15) is 17.9 Å². The molecular weight excluding hydrogens is 413 g/mol. The van der Waals surface area contributed by atoms with Gasteiger partial charge in [0, 0.05) is 31.3 Å². The first kappa shape index (κ1) is 21.4. The maximum atomic E-state index is 14.2. The molecular formula is C22H24FN7O2. The number of anilines is 2. The van der Waals surface area contributed by atoms with Crippen LogP contribution in [0.5, 0.6) is 0 Å². The lowest BCUT2D eigenvalue weighted by Gasteiger charge is -2.29. The molecule has 1 saturated heterocycles. The Hall–Kier alpha value is -3.79. The van der Waals surface area contributed by atoms with Crippen molar-refractivity contribution in [2.45, 2.75) is 6.42 Å². The van der Waals surface area contributed by atoms with E-state index in [1.165, 1.54) is 18.4 Å². The van der Waals surface area contributed by atoms with Crippen molar-refractivity contribution in [3.63, 3.8) is 0 Å². The van der Waals surface area contributed by atoms with E-state index in [-0.39, 0.29) is 23.9 Å². The Kier molecular flexibility index (Phi) is 6.71. The Morgan fingerprint density at radius 3 is 2.94 bits per heavy atom. The lowest BCUT2D eigenvalue weighted by atomic mass is 10.1. The maximum absolute atomic E-state index is 14.2. The molecule has 2 aromatic rings. The minimum Gasteiger partial charge on any atom is -0.382 e. The average molecular weight is 437 g/mol. The zero-order chi connectivity index (χ0) is 22.3. The second kappa shape index (κ2) is 10.0. The number of allylic oxidation sites excluding steroid dienone is 5. The van der Waals surface area contributed by atoms with Crippen molar-refractivity contribution >= 4 is 22.9 Å². The van der Waals surface area contributed by atoms with Crippen LogP contribution in [-0.4, -0.2) is 53.7 Å². The maximum Gasteiger partial charge on any atom is 0.179 e. The van der Waals surface area contributed by atoms with Crippen LogP contribution in [0.2, 0.25) is 0 Å². The normalized spacial score (nSPS) is 16.9. The number of rotatable bonds is 7. The molecule has 2 aromatic heterocycles. The minimum atomic E-state index is -0.310. The van der Waals surface area contributed by atoms with E-state index in [0.29, 0.717) is 55.5 Å². The van der Waals surface area contributed by atoms with Gasteiger partial charge in [-0.1, -0.05) is 23.4 Å². The summed E-state index contributed by atoms with van der Waals surface area (Å²) in [6.45, 7) is 2.88. The fourth-order valence-corrected chi connectivity index (χ4v) is 3.34. The molecule has 0 saturated carbocycles. The molecule has 0 bridgehead atoms. The molecule has 10 heteroatoms. The number of nitrogens with two attached hydrogens (primary N) is 1. The Morgan fingerprint density at radius 1 is 1.34 bits per heavy atom. The molecule has 0 amide bonds. The van der Waals surface area contributed by atoms with Gasteiger partial charge in [0.15, 0.2) is 11.6 Å². The zero-order valence-corrected chi connectivity index (χ0v) is 17.4. The topological polar surface area (TPSA) is 126 Å². The van der Waals surface area contributed by atoms with Crippen molar-refractivity contribution in [3.8, 4) is 0 Å². The monoisotopic (exact) mass is 437 g/mol. The van der Waals surface area contributed by atoms with E-state index in [0.717, 1.165) is 5.69 Å². The number of nitrogens with one attached hydrogen (secondary N) is 2. The van der Waals surface area contributed by atoms with Gasteiger partial charge in [-0.3, -0.25) is 5.41 Å². The number of hydrogen-bond donors (Lipinski definition) is 3. The first-order valence-corrected chi connectivity index (χ1v) is 10.2. The van der Waals surface area contributed by atoms with Crippen molar-refractivity contribution in [2.75, 3.05) is 43.5 Å². The van der Waals surface area contributed by atoms with E-state index < -0.39 is 0 Å². The highest BCUT2D eigenvalue weighted by atomic mass is 19.1. The molecule has 0 radical (unpaired) electrons. The molecule has 2 aliphatic rings. The Balaban J connectivity index is 1.53. The number of hydrogen-bond acceptors (Lipinski definition) is 9. The van der Waals surface area contributed by atoms with E-state index in [4.69, 9.17) is 20.4 Å². The lowest BCUT2D eigenvalue weighted by Crippen LogP contribution is -2.37. The number of halogens is 1. The van der Waals surface area contributed by atoms with Crippen LogP contribution in [0.25, 0.3) is 5.70 Å². The fourth-order valence-electron chi connectivity index (χ4n) is 3.34. The van der Waals surface area contributed by atoms with E-state index >= 15 is 0 Å². The lowest BCUT2D eigenvalue weighted by molar-refractivity contribution is 0.122. The molecule has 1 aliphatic heterocycles. The quantitative estimate of drug-likeness (QED) is 0.565. The third-order valence-corrected chi connectivity index (χ3v) is 5.05. The minimum absolute atomic E-state index is 0.0308. The van der Waals surface area contributed by atoms with Gasteiger partial charge in [0.1, 0.15) is 23.5 Å². The van der Waals surface area contributed by atoms with E-state index in [1.807, 2.05) is 12.2 Å². The zero-order valence-electron chi connectivity index (χ0n) is 17.4. The van der Waals surface area contributed by atoms with Crippen molar-refractivity contribution in [1.29, 1.82) is 5.41 Å². The van der Waals surface area contributed by atoms with Gasteiger partial charge >= 0.3 is 0 Å². The van der Waals surface area contributed by atoms with Crippen molar-refractivity contribution in [2.24, 2.45) is 0 Å². The number of aromatic nitrogens is 3. The smallest absolute Gasteiger partial charge is 0.179 e. The third-order valence-electron chi connectivity index (χ3n) is 5.05. The number of nitrogen functional groups attached to an aromatic ring is 1. The van der Waals surface area contributed by atoms with Crippen LogP contribution in [-0.2, 0) is 4.74 Å². The largest absolute Gasteiger partial charge is 0.382 e. The summed E-state index contributed by atoms with van der Waals surface area (Å²) in [5.41, 5.74) is 8.38. The SMILES string of the molecule is N=C(/C=C(\NCC1=CCC=CC=C1F)c1ccon1)c1ncc(N2CCOCC2)c(N)n1. The summed E-state index contributed by atoms with van der Waals surface area (Å²) >= 11 is 0. The first-order valence-electron chi connectivity index (χ1n) is 10.2. The molecule has 0 aromatic carbocycles. The standard InChI is InChI=1S/C22H24FN7O2/c23-16-5-3-1-2-4-15(16)13-26-19(18-6-9-32-29-18)12-17(24)22-27-14-20(21(25)28-22)30-7-10-31-11-8-30/h1,3-6,9,12,14,24,26H,2,7-8,10-11,13H2,(H2,25,27,28)/b19-12-,24-17?. The van der Waals surface area contributed by atoms with Gasteiger partial charge in [-0.2, -0.15) is 0 Å². The molecule has 4 rings (SSSR count). The number of morpholine rings is 1. The van der Waals surface area contributed by atoms with E-state index in [9.17, 15) is 4.39 Å². The van der Waals surface area contributed by atoms with Gasteiger partial charge in [0.25, 0.3) is 0 Å². The molecule has 4 N–H and O–H groups in total. The second-order valence-corrected chi connectivity index (χ2v) is 7.18. The highest BCUT2D eigenvalue weighted by Crippen LogP contribution is 2.22. The summed E-state index contributed by atoms with van der Waals surface area (Å²) < 4.78 is 24.5. The highest BCUT2D eigenvalue weighted by molar-refractivity contribution is 6.07. The molecule has 0 spiro atoms. The summed E-state index contributed by atoms with van der Waals surface area (Å²) in [7, 11) is 0. The molecule has 0 unspecified atom stereocenters. The molecule has 1 aliphatic carbocycles. The van der Waals surface area contributed by atoms with Crippen LogP contribution in [0, 0.1) is 5.41 Å². The van der Waals surface area contributed by atoms with Crippen molar-refractivity contribution in [1.82, 2.24) is 20.4 Å². The number of ether oxygens (including phenoxy) is 1. The Morgan fingerprint density at radius 2 is 2.19 bits per heavy atom. The first-order chi connectivity index (χ1) is 15.6. The van der Waals surface area contributed by atoms with Crippen LogP contribution in [0.15, 0.2) is 64.8 Å². The predicted molar refractivity (Wildman–Crippen MR) is 120 cm³/mol. The summed E-state index contributed by atoms with van der Waals surface area (Å²) in [6, 6.07) is 1.65. The summed E-state index contributed by atoms with van der Waals surface area (Å²) in [5.74, 6) is 0.163. The molecule has 1 fully saturated rings. The van der Waals surface area contributed by atoms with Gasteiger partial charge < -0.3 is 25.2 Å².